The first-order chi connectivity index (χ1) is 9.16. The van der Waals surface area contributed by atoms with Crippen LogP contribution in [0.3, 0.4) is 0 Å². The van der Waals surface area contributed by atoms with E-state index in [1.54, 1.807) is 0 Å². The minimum absolute atomic E-state index is 0.00185. The summed E-state index contributed by atoms with van der Waals surface area (Å²) in [6.45, 7) is 0.392. The number of benzene rings is 1. The van der Waals surface area contributed by atoms with Crippen LogP contribution in [0.15, 0.2) is 24.3 Å². The number of fused-ring (bicyclic) bond motifs is 1. The highest BCUT2D eigenvalue weighted by Crippen LogP contribution is 2.41. The van der Waals surface area contributed by atoms with E-state index in [9.17, 15) is 9.90 Å². The van der Waals surface area contributed by atoms with Crippen molar-refractivity contribution in [3.8, 4) is 0 Å². The van der Waals surface area contributed by atoms with Crippen molar-refractivity contribution < 1.29 is 9.90 Å². The molecule has 2 aliphatic rings. The Hall–Kier alpha value is -1.39. The van der Waals surface area contributed by atoms with Gasteiger partial charge in [0, 0.05) is 13.0 Å². The van der Waals surface area contributed by atoms with Crippen LogP contribution < -0.4 is 11.1 Å². The molecule has 1 aromatic carbocycles. The van der Waals surface area contributed by atoms with Crippen molar-refractivity contribution in [3.63, 3.8) is 0 Å². The van der Waals surface area contributed by atoms with E-state index in [0.29, 0.717) is 13.0 Å². The summed E-state index contributed by atoms with van der Waals surface area (Å²) in [7, 11) is 0. The maximum Gasteiger partial charge on any atom is 0.228 e. The van der Waals surface area contributed by atoms with Gasteiger partial charge in [0.15, 0.2) is 0 Å². The zero-order chi connectivity index (χ0) is 13.5. The number of nitrogens with two attached hydrogens (primary N) is 1. The van der Waals surface area contributed by atoms with Crippen LogP contribution in [-0.2, 0) is 11.2 Å². The molecule has 1 saturated carbocycles. The normalized spacial score (nSPS) is 27.5. The van der Waals surface area contributed by atoms with Crippen molar-refractivity contribution >= 4 is 5.91 Å². The van der Waals surface area contributed by atoms with Gasteiger partial charge in [0.2, 0.25) is 5.91 Å². The topological polar surface area (TPSA) is 75.4 Å². The Kier molecular flexibility index (Phi) is 3.07. The Morgan fingerprint density at radius 3 is 2.79 bits per heavy atom. The lowest BCUT2D eigenvalue weighted by molar-refractivity contribution is -0.136. The lowest BCUT2D eigenvalue weighted by Gasteiger charge is -2.40. The maximum absolute atomic E-state index is 12.4. The molecular formula is C15H20N2O2. The molecule has 4 nitrogen and oxygen atoms in total. The highest BCUT2D eigenvalue weighted by atomic mass is 16.3. The molecule has 0 radical (unpaired) electrons. The van der Waals surface area contributed by atoms with Crippen molar-refractivity contribution in [2.24, 2.45) is 11.1 Å². The molecule has 2 atom stereocenters. The smallest absolute Gasteiger partial charge is 0.228 e. The zero-order valence-electron chi connectivity index (χ0n) is 10.9. The molecule has 0 aromatic heterocycles. The third-order valence-corrected chi connectivity index (χ3v) is 4.67. The molecule has 1 amide bonds. The molecule has 1 aromatic rings. The van der Waals surface area contributed by atoms with Gasteiger partial charge in [0.1, 0.15) is 0 Å². The largest absolute Gasteiger partial charge is 0.390 e. The van der Waals surface area contributed by atoms with Gasteiger partial charge in [-0.1, -0.05) is 30.7 Å². The van der Waals surface area contributed by atoms with Crippen LogP contribution in [0, 0.1) is 5.41 Å². The van der Waals surface area contributed by atoms with Crippen LogP contribution in [0.25, 0.3) is 0 Å². The summed E-state index contributed by atoms with van der Waals surface area (Å²) >= 11 is 0. The molecule has 4 heteroatoms. The molecule has 0 spiro atoms. The second-order valence-corrected chi connectivity index (χ2v) is 5.76. The monoisotopic (exact) mass is 260 g/mol. The van der Waals surface area contributed by atoms with Crippen molar-refractivity contribution in [2.75, 3.05) is 6.54 Å². The van der Waals surface area contributed by atoms with Gasteiger partial charge in [-0.2, -0.15) is 0 Å². The average molecular weight is 260 g/mol. The number of nitrogens with one attached hydrogen (secondary N) is 1. The molecule has 0 heterocycles. The number of carbonyl (C=O) groups is 1. The van der Waals surface area contributed by atoms with Crippen LogP contribution >= 0.6 is 0 Å². The van der Waals surface area contributed by atoms with Gasteiger partial charge < -0.3 is 16.2 Å². The molecule has 0 bridgehead atoms. The van der Waals surface area contributed by atoms with Crippen molar-refractivity contribution in [3.05, 3.63) is 35.4 Å². The number of hydrogen-bond donors (Lipinski definition) is 3. The van der Waals surface area contributed by atoms with Crippen LogP contribution in [0.4, 0.5) is 0 Å². The predicted octanol–water partition coefficient (Wildman–Crippen LogP) is 0.890. The Labute approximate surface area is 113 Å². The summed E-state index contributed by atoms with van der Waals surface area (Å²) in [4.78, 5) is 12.4. The average Bonchev–Trinajstić information content (AvgIpc) is 2.66. The highest BCUT2D eigenvalue weighted by molar-refractivity contribution is 5.84. The fraction of sp³-hybridized carbons (Fsp3) is 0.533. The molecule has 1 fully saturated rings. The maximum atomic E-state index is 12.4. The molecule has 19 heavy (non-hydrogen) atoms. The number of rotatable bonds is 3. The summed E-state index contributed by atoms with van der Waals surface area (Å²) < 4.78 is 0. The summed E-state index contributed by atoms with van der Waals surface area (Å²) in [6, 6.07) is 7.60. The molecule has 0 aliphatic heterocycles. The molecule has 102 valence electrons. The first-order valence-electron chi connectivity index (χ1n) is 6.93. The quantitative estimate of drug-likeness (QED) is 0.755. The van der Waals surface area contributed by atoms with Crippen molar-refractivity contribution in [1.82, 2.24) is 5.32 Å². The van der Waals surface area contributed by atoms with E-state index >= 15 is 0 Å². The number of aliphatic hydroxyl groups is 1. The molecule has 0 saturated heterocycles. The minimum atomic E-state index is -0.531. The lowest BCUT2D eigenvalue weighted by Crippen LogP contribution is -2.52. The summed E-state index contributed by atoms with van der Waals surface area (Å²) in [5.74, 6) is 0.00185. The second kappa shape index (κ2) is 4.62. The minimum Gasteiger partial charge on any atom is -0.390 e. The van der Waals surface area contributed by atoms with Gasteiger partial charge in [0.05, 0.1) is 17.6 Å². The van der Waals surface area contributed by atoms with Crippen LogP contribution in [-0.4, -0.2) is 23.7 Å². The van der Waals surface area contributed by atoms with Crippen LogP contribution in [0.2, 0.25) is 0 Å². The molecule has 3 rings (SSSR count). The Morgan fingerprint density at radius 2 is 2.16 bits per heavy atom. The van der Waals surface area contributed by atoms with Gasteiger partial charge in [-0.15, -0.1) is 0 Å². The first-order valence-corrected chi connectivity index (χ1v) is 6.93. The van der Waals surface area contributed by atoms with E-state index in [1.165, 1.54) is 0 Å². The van der Waals surface area contributed by atoms with E-state index in [4.69, 9.17) is 5.73 Å². The van der Waals surface area contributed by atoms with E-state index in [2.05, 4.69) is 5.32 Å². The summed E-state index contributed by atoms with van der Waals surface area (Å²) in [6.07, 6.45) is 2.86. The fourth-order valence-corrected chi connectivity index (χ4v) is 3.17. The number of hydrogen-bond acceptors (Lipinski definition) is 3. The number of amides is 1. The Morgan fingerprint density at radius 1 is 1.42 bits per heavy atom. The number of aliphatic hydroxyl groups excluding tert-OH is 1. The third kappa shape index (κ3) is 1.95. The van der Waals surface area contributed by atoms with E-state index in [-0.39, 0.29) is 11.9 Å². The van der Waals surface area contributed by atoms with Gasteiger partial charge in [0.25, 0.3) is 0 Å². The van der Waals surface area contributed by atoms with Crippen LogP contribution in [0.5, 0.6) is 0 Å². The second-order valence-electron chi connectivity index (χ2n) is 5.76. The predicted molar refractivity (Wildman–Crippen MR) is 72.4 cm³/mol. The van der Waals surface area contributed by atoms with Crippen molar-refractivity contribution in [2.45, 2.75) is 37.8 Å². The summed E-state index contributed by atoms with van der Waals surface area (Å²) in [5, 5.41) is 13.2. The van der Waals surface area contributed by atoms with E-state index < -0.39 is 11.5 Å². The van der Waals surface area contributed by atoms with Gasteiger partial charge in [-0.3, -0.25) is 4.79 Å². The lowest BCUT2D eigenvalue weighted by atomic mass is 9.68. The molecule has 0 unspecified atom stereocenters. The van der Waals surface area contributed by atoms with E-state index in [1.807, 2.05) is 24.3 Å². The third-order valence-electron chi connectivity index (χ3n) is 4.67. The first kappa shape index (κ1) is 12.6. The molecule has 2 aliphatic carbocycles. The number of carbonyl (C=O) groups excluding carboxylic acids is 1. The highest BCUT2D eigenvalue weighted by Gasteiger charge is 2.44. The molecule has 4 N–H and O–H groups in total. The fourth-order valence-electron chi connectivity index (χ4n) is 3.17. The SMILES string of the molecule is NCC1(C(=O)N[C@@H]2c3ccccc3C[C@@H]2O)CCC1. The van der Waals surface area contributed by atoms with Crippen LogP contribution in [0.1, 0.15) is 36.4 Å². The zero-order valence-corrected chi connectivity index (χ0v) is 10.9. The standard InChI is InChI=1S/C15H20N2O2/c16-9-15(6-3-7-15)14(19)17-13-11-5-2-1-4-10(11)8-12(13)18/h1-2,4-5,12-13,18H,3,6-9,16H2,(H,17,19)/t12-,13+/m0/s1. The molecular weight excluding hydrogens is 240 g/mol. The summed E-state index contributed by atoms with van der Waals surface area (Å²) in [5.41, 5.74) is 7.52. The van der Waals surface area contributed by atoms with E-state index in [0.717, 1.165) is 30.4 Å². The Balaban J connectivity index is 1.78. The van der Waals surface area contributed by atoms with Crippen molar-refractivity contribution in [1.29, 1.82) is 0 Å². The van der Waals surface area contributed by atoms with Gasteiger partial charge in [-0.25, -0.2) is 0 Å². The Bertz CT molecular complexity index is 491. The van der Waals surface area contributed by atoms with Gasteiger partial charge in [-0.05, 0) is 24.0 Å². The van der Waals surface area contributed by atoms with Gasteiger partial charge >= 0.3 is 0 Å².